The molecule has 2 saturated carbocycles. The predicted molar refractivity (Wildman–Crippen MR) is 95.1 cm³/mol. The maximum absolute atomic E-state index is 13.7. The van der Waals surface area contributed by atoms with Gasteiger partial charge in [0.05, 0.1) is 0 Å². The summed E-state index contributed by atoms with van der Waals surface area (Å²) in [5.74, 6) is 1.71. The quantitative estimate of drug-likeness (QED) is 0.618. The van der Waals surface area contributed by atoms with Crippen LogP contribution in [-0.2, 0) is 9.59 Å². The van der Waals surface area contributed by atoms with Crippen LogP contribution in [0, 0.1) is 11.8 Å². The van der Waals surface area contributed by atoms with Gasteiger partial charge in [0.1, 0.15) is 0 Å². The molecule has 5 heterocycles. The van der Waals surface area contributed by atoms with Crippen molar-refractivity contribution in [3.8, 4) is 0 Å². The summed E-state index contributed by atoms with van der Waals surface area (Å²) in [6.07, 6.45) is 11.4. The summed E-state index contributed by atoms with van der Waals surface area (Å²) >= 11 is 0. The Labute approximate surface area is 150 Å². The number of hydrogen-bond acceptors (Lipinski definition) is 4. The first kappa shape index (κ1) is 14.8. The van der Waals surface area contributed by atoms with Crippen molar-refractivity contribution in [2.24, 2.45) is 11.8 Å². The minimum absolute atomic E-state index is 0.301. The van der Waals surface area contributed by atoms with E-state index in [4.69, 9.17) is 0 Å². The Morgan fingerprint density at radius 1 is 0.708 bits per heavy atom. The summed E-state index contributed by atoms with van der Waals surface area (Å²) in [5, 5.41) is 0. The molecule has 7 aliphatic rings. The number of hydrogen-bond donors (Lipinski definition) is 0. The highest BCUT2D eigenvalue weighted by atomic mass is 33.1. The van der Waals surface area contributed by atoms with Crippen LogP contribution in [0.1, 0.15) is 64.2 Å². The fourth-order valence-corrected chi connectivity index (χ4v) is 10.6. The van der Waals surface area contributed by atoms with Crippen molar-refractivity contribution in [1.29, 1.82) is 0 Å². The van der Waals surface area contributed by atoms with Gasteiger partial charge in [-0.25, -0.2) is 0 Å². The maximum atomic E-state index is 13.7. The summed E-state index contributed by atoms with van der Waals surface area (Å²) < 4.78 is 0. The molecule has 7 fully saturated rings. The van der Waals surface area contributed by atoms with E-state index >= 15 is 0 Å². The lowest BCUT2D eigenvalue weighted by atomic mass is 9.83. The van der Waals surface area contributed by atoms with Gasteiger partial charge in [-0.1, -0.05) is 47.3 Å². The van der Waals surface area contributed by atoms with Crippen LogP contribution in [0.15, 0.2) is 0 Å². The van der Waals surface area contributed by atoms with Crippen LogP contribution in [0.5, 0.6) is 0 Å². The third kappa shape index (κ3) is 1.49. The van der Waals surface area contributed by atoms with Gasteiger partial charge in [-0.3, -0.25) is 9.59 Å². The van der Waals surface area contributed by atoms with Crippen molar-refractivity contribution >= 4 is 33.4 Å². The molecule has 24 heavy (non-hydrogen) atoms. The third-order valence-corrected chi connectivity index (χ3v) is 11.3. The second kappa shape index (κ2) is 4.67. The Bertz CT molecular complexity index is 589. The minimum atomic E-state index is -0.560. The number of piperazine rings is 1. The fourth-order valence-electron chi connectivity index (χ4n) is 6.72. The standard InChI is InChI=1S/C18H24N2O2S2/c21-15-17-9-11-5-1-3-7-13(11)19(17)16(22)18(24-23-17)10-12-6-2-4-8-14(12)20(15)18/h11-14H,1-10H2/t11-,12-,13-,14-,17-,18-/m1/s1. The lowest BCUT2D eigenvalue weighted by molar-refractivity contribution is -0.166. The molecule has 6 heteroatoms. The molecule has 130 valence electrons. The molecular weight excluding hydrogens is 340 g/mol. The van der Waals surface area contributed by atoms with Crippen molar-refractivity contribution in [1.82, 2.24) is 9.80 Å². The first-order valence-corrected chi connectivity index (χ1v) is 11.9. The van der Waals surface area contributed by atoms with E-state index in [-0.39, 0.29) is 0 Å². The summed E-state index contributed by atoms with van der Waals surface area (Å²) in [6.45, 7) is 0. The molecule has 5 aliphatic heterocycles. The van der Waals surface area contributed by atoms with Crippen molar-refractivity contribution in [2.75, 3.05) is 0 Å². The van der Waals surface area contributed by atoms with Crippen LogP contribution >= 0.6 is 21.6 Å². The molecule has 0 aromatic carbocycles. The van der Waals surface area contributed by atoms with Crippen molar-refractivity contribution < 1.29 is 9.59 Å². The number of carbonyl (C=O) groups excluding carboxylic acids is 2. The van der Waals surface area contributed by atoms with Crippen molar-refractivity contribution in [3.63, 3.8) is 0 Å². The molecule has 0 aromatic heterocycles. The number of carbonyl (C=O) groups is 2. The van der Waals surface area contributed by atoms with E-state index in [0.29, 0.717) is 35.7 Å². The zero-order valence-corrected chi connectivity index (χ0v) is 15.5. The molecule has 2 bridgehead atoms. The monoisotopic (exact) mass is 364 g/mol. The Balaban J connectivity index is 1.48. The van der Waals surface area contributed by atoms with Gasteiger partial charge in [-0.2, -0.15) is 0 Å². The number of nitrogens with zero attached hydrogens (tertiary/aromatic N) is 2. The lowest BCUT2D eigenvalue weighted by Gasteiger charge is -2.58. The Hall–Kier alpha value is -0.360. The number of amides is 2. The molecule has 7 rings (SSSR count). The molecule has 2 aliphatic carbocycles. The van der Waals surface area contributed by atoms with Gasteiger partial charge in [-0.15, -0.1) is 0 Å². The van der Waals surface area contributed by atoms with E-state index in [9.17, 15) is 9.59 Å². The summed E-state index contributed by atoms with van der Waals surface area (Å²) in [7, 11) is 3.50. The van der Waals surface area contributed by atoms with E-state index < -0.39 is 9.74 Å². The molecule has 2 amide bonds. The topological polar surface area (TPSA) is 40.6 Å². The van der Waals surface area contributed by atoms with Gasteiger partial charge in [0.25, 0.3) is 11.8 Å². The molecule has 4 nitrogen and oxygen atoms in total. The number of fused-ring (bicyclic) bond motifs is 3. The van der Waals surface area contributed by atoms with Crippen LogP contribution in [0.25, 0.3) is 0 Å². The zero-order valence-electron chi connectivity index (χ0n) is 13.9. The normalized spacial score (nSPS) is 52.2. The third-order valence-electron chi connectivity index (χ3n) is 7.68. The van der Waals surface area contributed by atoms with E-state index in [1.165, 1.54) is 38.5 Å². The molecule has 0 unspecified atom stereocenters. The van der Waals surface area contributed by atoms with E-state index in [1.807, 2.05) is 0 Å². The van der Waals surface area contributed by atoms with Gasteiger partial charge in [-0.05, 0) is 50.4 Å². The summed E-state index contributed by atoms with van der Waals surface area (Å²) in [5.41, 5.74) is 0. The van der Waals surface area contributed by atoms with Crippen LogP contribution < -0.4 is 0 Å². The highest BCUT2D eigenvalue weighted by Gasteiger charge is 2.77. The molecule has 0 radical (unpaired) electrons. The van der Waals surface area contributed by atoms with Gasteiger partial charge in [0, 0.05) is 12.1 Å². The molecule has 6 atom stereocenters. The Morgan fingerprint density at radius 2 is 1.12 bits per heavy atom. The number of rotatable bonds is 0. The molecule has 2 spiro atoms. The van der Waals surface area contributed by atoms with Crippen LogP contribution in [-0.4, -0.2) is 43.4 Å². The smallest absolute Gasteiger partial charge is 0.261 e. The van der Waals surface area contributed by atoms with E-state index in [0.717, 1.165) is 25.7 Å². The second-order valence-electron chi connectivity index (χ2n) is 8.72. The average Bonchev–Trinajstić information content (AvgIpc) is 3.12. The van der Waals surface area contributed by atoms with Crippen LogP contribution in [0.3, 0.4) is 0 Å². The molecule has 5 saturated heterocycles. The first-order chi connectivity index (χ1) is 11.7. The lowest BCUT2D eigenvalue weighted by Crippen LogP contribution is -2.75. The Kier molecular flexibility index (Phi) is 2.88. The van der Waals surface area contributed by atoms with E-state index in [1.54, 1.807) is 21.6 Å². The minimum Gasteiger partial charge on any atom is -0.313 e. The zero-order chi connectivity index (χ0) is 16.1. The maximum Gasteiger partial charge on any atom is 0.261 e. The van der Waals surface area contributed by atoms with Crippen molar-refractivity contribution in [3.05, 3.63) is 0 Å². The van der Waals surface area contributed by atoms with E-state index in [2.05, 4.69) is 9.80 Å². The van der Waals surface area contributed by atoms with Crippen LogP contribution in [0.4, 0.5) is 0 Å². The second-order valence-corrected chi connectivity index (χ2v) is 11.4. The highest BCUT2D eigenvalue weighted by Crippen LogP contribution is 2.70. The highest BCUT2D eigenvalue weighted by molar-refractivity contribution is 8.78. The summed E-state index contributed by atoms with van der Waals surface area (Å²) in [4.78, 5) is 30.5. The molecular formula is C18H24N2O2S2. The molecule has 0 aromatic rings. The van der Waals surface area contributed by atoms with Gasteiger partial charge < -0.3 is 9.80 Å². The SMILES string of the molecule is O=C1N2[C@@H]3CCCC[C@@H]3C[C@]23SS[C@]12C[C@H]1CCCC[C@H]1N2C3=O. The van der Waals surface area contributed by atoms with Crippen LogP contribution in [0.2, 0.25) is 0 Å². The van der Waals surface area contributed by atoms with Gasteiger partial charge in [0.15, 0.2) is 9.74 Å². The first-order valence-electron chi connectivity index (χ1n) is 9.72. The largest absolute Gasteiger partial charge is 0.313 e. The Morgan fingerprint density at radius 3 is 1.58 bits per heavy atom. The van der Waals surface area contributed by atoms with Crippen molar-refractivity contribution in [2.45, 2.75) is 86.0 Å². The van der Waals surface area contributed by atoms with Gasteiger partial charge >= 0.3 is 0 Å². The molecule has 0 N–H and O–H groups in total. The summed E-state index contributed by atoms with van der Waals surface area (Å²) in [6, 6.07) is 0.676. The fraction of sp³-hybridized carbons (Fsp3) is 0.889. The predicted octanol–water partition coefficient (Wildman–Crippen LogP) is 3.37. The average molecular weight is 365 g/mol. The van der Waals surface area contributed by atoms with Gasteiger partial charge in [0.2, 0.25) is 0 Å².